The molecule has 13 heavy (non-hydrogen) atoms. The Hall–Kier alpha value is -1.05. The van der Waals surface area contributed by atoms with Gasteiger partial charge in [-0.3, -0.25) is 0 Å². The van der Waals surface area contributed by atoms with Gasteiger partial charge >= 0.3 is 0 Å². The fraction of sp³-hybridized carbons (Fsp3) is 0.455. The summed E-state index contributed by atoms with van der Waals surface area (Å²) in [7, 11) is 0. The van der Waals surface area contributed by atoms with Crippen LogP contribution in [-0.2, 0) is 6.42 Å². The number of rotatable bonds is 4. The van der Waals surface area contributed by atoms with Gasteiger partial charge in [0.2, 0.25) is 0 Å². The molecule has 0 bridgehead atoms. The van der Waals surface area contributed by atoms with Crippen LogP contribution in [0.2, 0.25) is 0 Å². The minimum atomic E-state index is -0.191. The highest BCUT2D eigenvalue weighted by atomic mass is 19.1. The van der Waals surface area contributed by atoms with Crippen molar-refractivity contribution in [2.24, 2.45) is 0 Å². The molecule has 1 radical (unpaired) electrons. The molecule has 0 heterocycles. The largest absolute Gasteiger partial charge is 0.493 e. The van der Waals surface area contributed by atoms with Crippen molar-refractivity contribution in [3.8, 4) is 5.75 Å². The van der Waals surface area contributed by atoms with Crippen LogP contribution in [0.3, 0.4) is 0 Å². The molecule has 0 spiro atoms. The molecule has 0 aliphatic rings. The SMILES string of the molecule is CCCc1c(OCC)[c]ccc1F. The normalized spacial score (nSPS) is 10.1. The third-order valence-corrected chi connectivity index (χ3v) is 1.80. The summed E-state index contributed by atoms with van der Waals surface area (Å²) in [6.07, 6.45) is 1.62. The van der Waals surface area contributed by atoms with Gasteiger partial charge in [0.25, 0.3) is 0 Å². The molecule has 0 saturated carbocycles. The summed E-state index contributed by atoms with van der Waals surface area (Å²) in [6, 6.07) is 5.88. The minimum Gasteiger partial charge on any atom is -0.493 e. The molecule has 0 unspecified atom stereocenters. The smallest absolute Gasteiger partial charge is 0.133 e. The lowest BCUT2D eigenvalue weighted by Gasteiger charge is -2.09. The van der Waals surface area contributed by atoms with Gasteiger partial charge in [-0.05, 0) is 25.5 Å². The molecule has 0 atom stereocenters. The maximum atomic E-state index is 13.3. The molecule has 1 aromatic carbocycles. The Morgan fingerprint density at radius 1 is 1.46 bits per heavy atom. The van der Waals surface area contributed by atoms with Gasteiger partial charge in [-0.1, -0.05) is 13.3 Å². The van der Waals surface area contributed by atoms with Crippen LogP contribution < -0.4 is 4.74 Å². The van der Waals surface area contributed by atoms with E-state index in [-0.39, 0.29) is 5.82 Å². The molecule has 0 aromatic heterocycles. The van der Waals surface area contributed by atoms with E-state index >= 15 is 0 Å². The van der Waals surface area contributed by atoms with E-state index in [1.165, 1.54) is 6.07 Å². The molecular weight excluding hydrogens is 167 g/mol. The van der Waals surface area contributed by atoms with E-state index < -0.39 is 0 Å². The number of halogens is 1. The number of hydrogen-bond donors (Lipinski definition) is 0. The van der Waals surface area contributed by atoms with E-state index in [4.69, 9.17) is 4.74 Å². The summed E-state index contributed by atoms with van der Waals surface area (Å²) >= 11 is 0. The monoisotopic (exact) mass is 181 g/mol. The molecular formula is C11H14FO. The zero-order valence-electron chi connectivity index (χ0n) is 8.06. The van der Waals surface area contributed by atoms with Crippen molar-refractivity contribution >= 4 is 0 Å². The third kappa shape index (κ3) is 2.44. The summed E-state index contributed by atoms with van der Waals surface area (Å²) in [4.78, 5) is 0. The molecule has 2 heteroatoms. The Balaban J connectivity index is 2.95. The number of ether oxygens (including phenoxy) is 1. The first-order chi connectivity index (χ1) is 6.29. The first kappa shape index (κ1) is 10.0. The van der Waals surface area contributed by atoms with Crippen molar-refractivity contribution in [2.75, 3.05) is 6.61 Å². The summed E-state index contributed by atoms with van der Waals surface area (Å²) in [6.45, 7) is 4.45. The molecule has 0 N–H and O–H groups in total. The van der Waals surface area contributed by atoms with Gasteiger partial charge in [-0.15, -0.1) is 0 Å². The standard InChI is InChI=1S/C11H14FO/c1-3-6-9-10(12)7-5-8-11(9)13-4-2/h5,7H,3-4,6H2,1-2H3. The Bertz CT molecular complexity index is 271. The van der Waals surface area contributed by atoms with Gasteiger partial charge in [-0.25, -0.2) is 4.39 Å². The average Bonchev–Trinajstić information content (AvgIpc) is 2.11. The van der Waals surface area contributed by atoms with Crippen LogP contribution in [0.4, 0.5) is 4.39 Å². The molecule has 0 aliphatic carbocycles. The highest BCUT2D eigenvalue weighted by Gasteiger charge is 2.07. The topological polar surface area (TPSA) is 9.23 Å². The third-order valence-electron chi connectivity index (χ3n) is 1.80. The molecule has 71 valence electrons. The Labute approximate surface area is 78.5 Å². The van der Waals surface area contributed by atoms with E-state index in [0.29, 0.717) is 24.3 Å². The molecule has 0 saturated heterocycles. The Kier molecular flexibility index (Phi) is 3.74. The van der Waals surface area contributed by atoms with E-state index in [2.05, 4.69) is 6.07 Å². The van der Waals surface area contributed by atoms with Crippen molar-refractivity contribution in [3.63, 3.8) is 0 Å². The van der Waals surface area contributed by atoms with Gasteiger partial charge in [0.15, 0.2) is 0 Å². The predicted molar refractivity (Wildman–Crippen MR) is 50.4 cm³/mol. The summed E-state index contributed by atoms with van der Waals surface area (Å²) in [5.41, 5.74) is 0.645. The van der Waals surface area contributed by atoms with Gasteiger partial charge in [0.05, 0.1) is 6.61 Å². The first-order valence-corrected chi connectivity index (χ1v) is 4.61. The van der Waals surface area contributed by atoms with Crippen LogP contribution in [0.15, 0.2) is 12.1 Å². The van der Waals surface area contributed by atoms with Crippen molar-refractivity contribution in [1.29, 1.82) is 0 Å². The van der Waals surface area contributed by atoms with Crippen LogP contribution in [0.1, 0.15) is 25.8 Å². The lowest BCUT2D eigenvalue weighted by atomic mass is 10.1. The molecule has 1 nitrogen and oxygen atoms in total. The van der Waals surface area contributed by atoms with Crippen LogP contribution in [-0.4, -0.2) is 6.61 Å². The minimum absolute atomic E-state index is 0.191. The van der Waals surface area contributed by atoms with Crippen LogP contribution in [0, 0.1) is 11.9 Å². The Morgan fingerprint density at radius 2 is 2.23 bits per heavy atom. The fourth-order valence-electron chi connectivity index (χ4n) is 1.24. The van der Waals surface area contributed by atoms with E-state index in [1.807, 2.05) is 13.8 Å². The number of hydrogen-bond acceptors (Lipinski definition) is 1. The lowest BCUT2D eigenvalue weighted by Crippen LogP contribution is -1.99. The predicted octanol–water partition coefficient (Wildman–Crippen LogP) is 2.98. The average molecular weight is 181 g/mol. The second-order valence-corrected chi connectivity index (χ2v) is 2.82. The first-order valence-electron chi connectivity index (χ1n) is 4.61. The van der Waals surface area contributed by atoms with Gasteiger partial charge in [0.1, 0.15) is 11.6 Å². The van der Waals surface area contributed by atoms with Crippen LogP contribution >= 0.6 is 0 Å². The van der Waals surface area contributed by atoms with E-state index in [9.17, 15) is 4.39 Å². The van der Waals surface area contributed by atoms with Crippen molar-refractivity contribution in [1.82, 2.24) is 0 Å². The molecule has 1 aromatic rings. The van der Waals surface area contributed by atoms with E-state index in [1.54, 1.807) is 6.07 Å². The van der Waals surface area contributed by atoms with Crippen LogP contribution in [0.25, 0.3) is 0 Å². The molecule has 0 amide bonds. The summed E-state index contributed by atoms with van der Waals surface area (Å²) in [5.74, 6) is 0.369. The molecule has 0 aliphatic heterocycles. The van der Waals surface area contributed by atoms with Gasteiger partial charge in [-0.2, -0.15) is 0 Å². The quantitative estimate of drug-likeness (QED) is 0.693. The zero-order chi connectivity index (χ0) is 9.68. The zero-order valence-corrected chi connectivity index (χ0v) is 8.06. The van der Waals surface area contributed by atoms with Gasteiger partial charge in [0, 0.05) is 11.6 Å². The summed E-state index contributed by atoms with van der Waals surface area (Å²) < 4.78 is 18.5. The lowest BCUT2D eigenvalue weighted by molar-refractivity contribution is 0.332. The highest BCUT2D eigenvalue weighted by Crippen LogP contribution is 2.22. The fourth-order valence-corrected chi connectivity index (χ4v) is 1.24. The molecule has 0 fully saturated rings. The van der Waals surface area contributed by atoms with Crippen molar-refractivity contribution in [3.05, 3.63) is 29.6 Å². The summed E-state index contributed by atoms with van der Waals surface area (Å²) in [5, 5.41) is 0. The van der Waals surface area contributed by atoms with Gasteiger partial charge < -0.3 is 4.74 Å². The molecule has 1 rings (SSSR count). The Morgan fingerprint density at radius 3 is 2.85 bits per heavy atom. The van der Waals surface area contributed by atoms with Crippen LogP contribution in [0.5, 0.6) is 5.75 Å². The maximum Gasteiger partial charge on any atom is 0.133 e. The highest BCUT2D eigenvalue weighted by molar-refractivity contribution is 5.33. The van der Waals surface area contributed by atoms with Crippen molar-refractivity contribution < 1.29 is 9.13 Å². The second kappa shape index (κ2) is 4.85. The maximum absolute atomic E-state index is 13.3. The van der Waals surface area contributed by atoms with E-state index in [0.717, 1.165) is 6.42 Å². The number of benzene rings is 1. The van der Waals surface area contributed by atoms with Crippen molar-refractivity contribution in [2.45, 2.75) is 26.7 Å². The second-order valence-electron chi connectivity index (χ2n) is 2.82.